The van der Waals surface area contributed by atoms with Gasteiger partial charge in [0.15, 0.2) is 5.89 Å². The molecular formula is C15H25NO2. The minimum absolute atomic E-state index is 0.446. The molecular weight excluding hydrogens is 226 g/mol. The Morgan fingerprint density at radius 2 is 1.94 bits per heavy atom. The first-order valence-corrected chi connectivity index (χ1v) is 7.14. The molecule has 1 aliphatic carbocycles. The van der Waals surface area contributed by atoms with Gasteiger partial charge < -0.3 is 9.52 Å². The highest BCUT2D eigenvalue weighted by atomic mass is 16.4. The summed E-state index contributed by atoms with van der Waals surface area (Å²) in [5.74, 6) is 2.88. The van der Waals surface area contributed by atoms with Gasteiger partial charge >= 0.3 is 0 Å². The van der Waals surface area contributed by atoms with Crippen LogP contribution in [0.25, 0.3) is 0 Å². The van der Waals surface area contributed by atoms with Crippen LogP contribution in [0.15, 0.2) is 4.42 Å². The van der Waals surface area contributed by atoms with Crippen LogP contribution in [-0.2, 0) is 5.60 Å². The Balaban J connectivity index is 2.19. The average Bonchev–Trinajstić information content (AvgIpc) is 2.73. The second-order valence-electron chi connectivity index (χ2n) is 6.04. The molecule has 1 aromatic rings. The highest BCUT2D eigenvalue weighted by Gasteiger charge is 2.31. The van der Waals surface area contributed by atoms with Gasteiger partial charge in [0.1, 0.15) is 17.1 Å². The van der Waals surface area contributed by atoms with E-state index >= 15 is 0 Å². The molecule has 102 valence electrons. The predicted octanol–water partition coefficient (Wildman–Crippen LogP) is 3.89. The van der Waals surface area contributed by atoms with Crippen molar-refractivity contribution in [2.75, 3.05) is 0 Å². The normalized spacial score (nSPS) is 28.1. The second kappa shape index (κ2) is 5.04. The lowest BCUT2D eigenvalue weighted by atomic mass is 9.83. The largest absolute Gasteiger partial charge is 0.445 e. The molecule has 0 saturated heterocycles. The molecule has 1 atom stereocenters. The number of rotatable bonds is 3. The Morgan fingerprint density at radius 1 is 1.33 bits per heavy atom. The summed E-state index contributed by atoms with van der Waals surface area (Å²) >= 11 is 0. The van der Waals surface area contributed by atoms with Crippen LogP contribution in [0, 0.1) is 12.8 Å². The van der Waals surface area contributed by atoms with Gasteiger partial charge in [0, 0.05) is 5.92 Å². The van der Waals surface area contributed by atoms with E-state index in [-0.39, 0.29) is 0 Å². The molecule has 2 rings (SSSR count). The summed E-state index contributed by atoms with van der Waals surface area (Å²) < 4.78 is 5.81. The number of nitrogens with zero attached hydrogens (tertiary/aromatic N) is 1. The van der Waals surface area contributed by atoms with E-state index in [2.05, 4.69) is 11.9 Å². The van der Waals surface area contributed by atoms with Crippen LogP contribution >= 0.6 is 0 Å². The third kappa shape index (κ3) is 2.61. The Bertz CT molecular complexity index is 401. The standard InChI is InChI=1S/C15H25NO2/c1-5-15(4,17)13-11(3)18-14(16-13)12-8-6-10(2)7-9-12/h10,12,17H,5-9H2,1-4H3. The molecule has 1 saturated carbocycles. The van der Waals surface area contributed by atoms with Crippen LogP contribution < -0.4 is 0 Å². The fraction of sp³-hybridized carbons (Fsp3) is 0.800. The molecule has 1 heterocycles. The molecule has 1 unspecified atom stereocenters. The maximum atomic E-state index is 10.3. The van der Waals surface area contributed by atoms with E-state index in [1.165, 1.54) is 12.8 Å². The highest BCUT2D eigenvalue weighted by molar-refractivity contribution is 5.17. The van der Waals surface area contributed by atoms with Gasteiger partial charge in [-0.2, -0.15) is 0 Å². The molecule has 1 fully saturated rings. The Kier molecular flexibility index (Phi) is 3.81. The number of oxazole rings is 1. The van der Waals surface area contributed by atoms with Gasteiger partial charge in [-0.15, -0.1) is 0 Å². The first kappa shape index (κ1) is 13.6. The fourth-order valence-electron chi connectivity index (χ4n) is 2.77. The average molecular weight is 251 g/mol. The monoisotopic (exact) mass is 251 g/mol. The maximum Gasteiger partial charge on any atom is 0.197 e. The Labute approximate surface area is 110 Å². The predicted molar refractivity (Wildman–Crippen MR) is 71.5 cm³/mol. The molecule has 0 bridgehead atoms. The highest BCUT2D eigenvalue weighted by Crippen LogP contribution is 2.37. The molecule has 18 heavy (non-hydrogen) atoms. The molecule has 0 spiro atoms. The van der Waals surface area contributed by atoms with Crippen molar-refractivity contribution in [3.05, 3.63) is 17.3 Å². The van der Waals surface area contributed by atoms with Crippen molar-refractivity contribution in [2.24, 2.45) is 5.92 Å². The number of hydrogen-bond donors (Lipinski definition) is 1. The molecule has 0 aromatic carbocycles. The minimum Gasteiger partial charge on any atom is -0.445 e. The zero-order valence-corrected chi connectivity index (χ0v) is 12.0. The summed E-state index contributed by atoms with van der Waals surface area (Å²) in [4.78, 5) is 4.58. The quantitative estimate of drug-likeness (QED) is 0.886. The summed E-state index contributed by atoms with van der Waals surface area (Å²) in [7, 11) is 0. The first-order valence-electron chi connectivity index (χ1n) is 7.14. The lowest BCUT2D eigenvalue weighted by Crippen LogP contribution is -2.21. The van der Waals surface area contributed by atoms with Gasteiger partial charge in [-0.05, 0) is 51.9 Å². The van der Waals surface area contributed by atoms with Crippen LogP contribution in [0.4, 0.5) is 0 Å². The van der Waals surface area contributed by atoms with Crippen molar-refractivity contribution < 1.29 is 9.52 Å². The van der Waals surface area contributed by atoms with Gasteiger partial charge in [0.25, 0.3) is 0 Å². The molecule has 1 aromatic heterocycles. The van der Waals surface area contributed by atoms with E-state index < -0.39 is 5.60 Å². The van der Waals surface area contributed by atoms with Crippen molar-refractivity contribution in [3.8, 4) is 0 Å². The molecule has 1 N–H and O–H groups in total. The molecule has 1 aliphatic rings. The third-order valence-corrected chi connectivity index (χ3v) is 4.38. The molecule has 0 radical (unpaired) electrons. The Morgan fingerprint density at radius 3 is 2.50 bits per heavy atom. The van der Waals surface area contributed by atoms with Gasteiger partial charge in [0.05, 0.1) is 0 Å². The Hall–Kier alpha value is -0.830. The van der Waals surface area contributed by atoms with Crippen molar-refractivity contribution in [1.29, 1.82) is 0 Å². The van der Waals surface area contributed by atoms with Crippen LogP contribution in [-0.4, -0.2) is 10.1 Å². The van der Waals surface area contributed by atoms with E-state index in [9.17, 15) is 5.11 Å². The minimum atomic E-state index is -0.867. The lowest BCUT2D eigenvalue weighted by molar-refractivity contribution is 0.0475. The summed E-state index contributed by atoms with van der Waals surface area (Å²) in [5.41, 5.74) is -0.146. The lowest BCUT2D eigenvalue weighted by Gasteiger charge is -2.23. The van der Waals surface area contributed by atoms with E-state index in [0.717, 1.165) is 36.1 Å². The van der Waals surface area contributed by atoms with Crippen molar-refractivity contribution in [3.63, 3.8) is 0 Å². The van der Waals surface area contributed by atoms with Crippen LogP contribution in [0.1, 0.15) is 76.1 Å². The smallest absolute Gasteiger partial charge is 0.197 e. The van der Waals surface area contributed by atoms with Gasteiger partial charge in [-0.1, -0.05) is 13.8 Å². The number of aromatic nitrogens is 1. The van der Waals surface area contributed by atoms with Crippen LogP contribution in [0.3, 0.4) is 0 Å². The maximum absolute atomic E-state index is 10.3. The van der Waals surface area contributed by atoms with Crippen molar-refractivity contribution >= 4 is 0 Å². The van der Waals surface area contributed by atoms with Gasteiger partial charge in [-0.3, -0.25) is 0 Å². The topological polar surface area (TPSA) is 46.3 Å². The number of aliphatic hydroxyl groups is 1. The zero-order chi connectivity index (χ0) is 13.3. The molecule has 3 heteroatoms. The van der Waals surface area contributed by atoms with Gasteiger partial charge in [-0.25, -0.2) is 4.98 Å². The van der Waals surface area contributed by atoms with Gasteiger partial charge in [0.2, 0.25) is 0 Å². The molecule has 0 amide bonds. The van der Waals surface area contributed by atoms with Crippen LogP contribution in [0.2, 0.25) is 0 Å². The SMILES string of the molecule is CCC(C)(O)c1nc(C2CCC(C)CC2)oc1C. The number of hydrogen-bond acceptors (Lipinski definition) is 3. The van der Waals surface area contributed by atoms with E-state index in [1.807, 2.05) is 20.8 Å². The van der Waals surface area contributed by atoms with Crippen molar-refractivity contribution in [1.82, 2.24) is 4.98 Å². The second-order valence-corrected chi connectivity index (χ2v) is 6.04. The summed E-state index contributed by atoms with van der Waals surface area (Å²) in [5, 5.41) is 10.3. The summed E-state index contributed by atoms with van der Waals surface area (Å²) in [6, 6.07) is 0. The number of aryl methyl sites for hydroxylation is 1. The summed E-state index contributed by atoms with van der Waals surface area (Å²) in [6.45, 7) is 7.99. The molecule has 0 aliphatic heterocycles. The first-order chi connectivity index (χ1) is 8.44. The fourth-order valence-corrected chi connectivity index (χ4v) is 2.77. The summed E-state index contributed by atoms with van der Waals surface area (Å²) in [6.07, 6.45) is 5.49. The zero-order valence-electron chi connectivity index (χ0n) is 12.0. The molecule has 3 nitrogen and oxygen atoms in total. The van der Waals surface area contributed by atoms with E-state index in [1.54, 1.807) is 0 Å². The van der Waals surface area contributed by atoms with E-state index in [0.29, 0.717) is 12.3 Å². The van der Waals surface area contributed by atoms with Crippen LogP contribution in [0.5, 0.6) is 0 Å². The van der Waals surface area contributed by atoms with Crippen molar-refractivity contribution in [2.45, 2.75) is 71.3 Å². The third-order valence-electron chi connectivity index (χ3n) is 4.38. The van der Waals surface area contributed by atoms with E-state index in [4.69, 9.17) is 4.42 Å².